The second-order valence-electron chi connectivity index (χ2n) is 3.72. The van der Waals surface area contributed by atoms with Crippen LogP contribution < -0.4 is 4.74 Å². The lowest BCUT2D eigenvalue weighted by molar-refractivity contribution is -0.388. The van der Waals surface area contributed by atoms with Gasteiger partial charge in [0.1, 0.15) is 0 Å². The van der Waals surface area contributed by atoms with Crippen molar-refractivity contribution in [2.75, 3.05) is 7.11 Å². The summed E-state index contributed by atoms with van der Waals surface area (Å²) in [7, 11) is 1.13. The average molecular weight is 257 g/mol. The van der Waals surface area contributed by atoms with Gasteiger partial charge in [-0.25, -0.2) is 4.79 Å². The first-order chi connectivity index (χ1) is 8.36. The quantitative estimate of drug-likeness (QED) is 0.469. The lowest BCUT2D eigenvalue weighted by atomic mass is 10.1. The van der Waals surface area contributed by atoms with Crippen LogP contribution in [0.3, 0.4) is 0 Å². The monoisotopic (exact) mass is 257 g/mol. The number of nitro benzene ring substituents is 1. The van der Waals surface area contributed by atoms with Crippen LogP contribution >= 0.6 is 0 Å². The lowest BCUT2D eigenvalue weighted by Crippen LogP contribution is -2.10. The Bertz CT molecular complexity index is 487. The summed E-state index contributed by atoms with van der Waals surface area (Å²) in [5.41, 5.74) is -0.937. The number of hydrogen-bond acceptors (Lipinski definition) is 5. The molecule has 0 aliphatic heterocycles. The fourth-order valence-electron chi connectivity index (χ4n) is 1.33. The van der Waals surface area contributed by atoms with Gasteiger partial charge < -0.3 is 9.47 Å². The fourth-order valence-corrected chi connectivity index (χ4v) is 1.33. The van der Waals surface area contributed by atoms with E-state index in [1.54, 1.807) is 13.8 Å². The SMILES string of the molecule is COC(=O)c1cc(F)c([N+](=O)[O-])c(OC(C)C)c1. The topological polar surface area (TPSA) is 78.7 Å². The molecule has 0 fully saturated rings. The van der Waals surface area contributed by atoms with E-state index in [1.807, 2.05) is 0 Å². The molecule has 0 aliphatic carbocycles. The van der Waals surface area contributed by atoms with E-state index in [9.17, 15) is 19.3 Å². The molecule has 0 aromatic heterocycles. The Labute approximate surface area is 102 Å². The zero-order chi connectivity index (χ0) is 13.9. The highest BCUT2D eigenvalue weighted by Crippen LogP contribution is 2.32. The molecule has 0 spiro atoms. The molecule has 0 aliphatic rings. The predicted molar refractivity (Wildman–Crippen MR) is 60.2 cm³/mol. The number of carbonyl (C=O) groups excluding carboxylic acids is 1. The van der Waals surface area contributed by atoms with Crippen molar-refractivity contribution in [3.05, 3.63) is 33.6 Å². The van der Waals surface area contributed by atoms with E-state index in [-0.39, 0.29) is 11.3 Å². The van der Waals surface area contributed by atoms with Gasteiger partial charge in [-0.15, -0.1) is 0 Å². The molecular formula is C11H12FNO5. The van der Waals surface area contributed by atoms with Crippen LogP contribution in [0.25, 0.3) is 0 Å². The Balaban J connectivity index is 3.36. The number of benzene rings is 1. The van der Waals surface area contributed by atoms with Crippen molar-refractivity contribution in [3.63, 3.8) is 0 Å². The Morgan fingerprint density at radius 3 is 2.50 bits per heavy atom. The maximum Gasteiger partial charge on any atom is 0.346 e. The Morgan fingerprint density at radius 1 is 1.44 bits per heavy atom. The second kappa shape index (κ2) is 5.44. The maximum atomic E-state index is 13.6. The van der Waals surface area contributed by atoms with E-state index in [1.165, 1.54) is 0 Å². The van der Waals surface area contributed by atoms with Gasteiger partial charge >= 0.3 is 11.7 Å². The van der Waals surface area contributed by atoms with Gasteiger partial charge in [0.15, 0.2) is 0 Å². The molecule has 0 radical (unpaired) electrons. The third kappa shape index (κ3) is 2.93. The van der Waals surface area contributed by atoms with Gasteiger partial charge in [0.2, 0.25) is 11.6 Å². The van der Waals surface area contributed by atoms with Crippen molar-refractivity contribution in [2.24, 2.45) is 0 Å². The standard InChI is InChI=1S/C11H12FNO5/c1-6(2)18-9-5-7(11(14)17-3)4-8(12)10(9)13(15)16/h4-6H,1-3H3. The minimum atomic E-state index is -1.14. The van der Waals surface area contributed by atoms with E-state index in [0.717, 1.165) is 19.2 Å². The summed E-state index contributed by atoms with van der Waals surface area (Å²) in [5.74, 6) is -2.23. The van der Waals surface area contributed by atoms with Gasteiger partial charge in [-0.2, -0.15) is 4.39 Å². The Kier molecular flexibility index (Phi) is 4.19. The van der Waals surface area contributed by atoms with Crippen molar-refractivity contribution in [2.45, 2.75) is 20.0 Å². The highest BCUT2D eigenvalue weighted by Gasteiger charge is 2.25. The third-order valence-corrected chi connectivity index (χ3v) is 1.99. The number of nitrogens with zero attached hydrogens (tertiary/aromatic N) is 1. The normalized spacial score (nSPS) is 10.3. The van der Waals surface area contributed by atoms with Crippen molar-refractivity contribution in [1.82, 2.24) is 0 Å². The van der Waals surface area contributed by atoms with Gasteiger partial charge in [0.05, 0.1) is 23.7 Å². The van der Waals surface area contributed by atoms with Crippen LogP contribution in [0.15, 0.2) is 12.1 Å². The van der Waals surface area contributed by atoms with E-state index >= 15 is 0 Å². The molecule has 0 saturated heterocycles. The van der Waals surface area contributed by atoms with Crippen molar-refractivity contribution in [3.8, 4) is 5.75 Å². The first-order valence-corrected chi connectivity index (χ1v) is 5.09. The highest BCUT2D eigenvalue weighted by atomic mass is 19.1. The number of methoxy groups -OCH3 is 1. The summed E-state index contributed by atoms with van der Waals surface area (Å²) in [6.45, 7) is 3.26. The minimum Gasteiger partial charge on any atom is -0.484 e. The molecule has 1 aromatic rings. The molecular weight excluding hydrogens is 245 g/mol. The van der Waals surface area contributed by atoms with Crippen LogP contribution in [-0.4, -0.2) is 24.1 Å². The van der Waals surface area contributed by atoms with Gasteiger partial charge in [-0.3, -0.25) is 10.1 Å². The number of halogens is 1. The highest BCUT2D eigenvalue weighted by molar-refractivity contribution is 5.90. The molecule has 0 heterocycles. The number of hydrogen-bond donors (Lipinski definition) is 0. The smallest absolute Gasteiger partial charge is 0.346 e. The molecule has 0 saturated carbocycles. The number of nitro groups is 1. The van der Waals surface area contributed by atoms with Crippen molar-refractivity contribution in [1.29, 1.82) is 0 Å². The number of carbonyl (C=O) groups is 1. The number of esters is 1. The summed E-state index contributed by atoms with van der Waals surface area (Å²) >= 11 is 0. The predicted octanol–water partition coefficient (Wildman–Crippen LogP) is 2.31. The fraction of sp³-hybridized carbons (Fsp3) is 0.364. The average Bonchev–Trinajstić information content (AvgIpc) is 2.25. The minimum absolute atomic E-state index is 0.142. The zero-order valence-electron chi connectivity index (χ0n) is 10.1. The molecule has 0 atom stereocenters. The van der Waals surface area contributed by atoms with Crippen LogP contribution in [0.2, 0.25) is 0 Å². The summed E-state index contributed by atoms with van der Waals surface area (Å²) in [4.78, 5) is 21.1. The van der Waals surface area contributed by atoms with E-state index in [4.69, 9.17) is 4.74 Å². The first kappa shape index (κ1) is 13.9. The van der Waals surface area contributed by atoms with Gasteiger partial charge in [0, 0.05) is 6.07 Å². The summed E-state index contributed by atoms with van der Waals surface area (Å²) in [5, 5.41) is 10.7. The van der Waals surface area contributed by atoms with Crippen molar-refractivity contribution >= 4 is 11.7 Å². The molecule has 0 unspecified atom stereocenters. The first-order valence-electron chi connectivity index (χ1n) is 5.09. The molecule has 1 aromatic carbocycles. The molecule has 98 valence electrons. The molecule has 1 rings (SSSR count). The molecule has 7 heteroatoms. The second-order valence-corrected chi connectivity index (χ2v) is 3.72. The third-order valence-electron chi connectivity index (χ3n) is 1.99. The van der Waals surface area contributed by atoms with Gasteiger partial charge in [-0.1, -0.05) is 0 Å². The molecule has 0 bridgehead atoms. The van der Waals surface area contributed by atoms with Crippen LogP contribution in [0.5, 0.6) is 5.75 Å². The summed E-state index contributed by atoms with van der Waals surface area (Å²) in [6, 6.07) is 1.84. The van der Waals surface area contributed by atoms with E-state index in [0.29, 0.717) is 0 Å². The largest absolute Gasteiger partial charge is 0.484 e. The van der Waals surface area contributed by atoms with E-state index in [2.05, 4.69) is 4.74 Å². The van der Waals surface area contributed by atoms with Gasteiger partial charge in [0.25, 0.3) is 0 Å². The zero-order valence-corrected chi connectivity index (χ0v) is 10.1. The lowest BCUT2D eigenvalue weighted by Gasteiger charge is -2.11. The molecule has 0 amide bonds. The van der Waals surface area contributed by atoms with Crippen LogP contribution in [0.1, 0.15) is 24.2 Å². The molecule has 18 heavy (non-hydrogen) atoms. The Hall–Kier alpha value is -2.18. The van der Waals surface area contributed by atoms with Crippen LogP contribution in [-0.2, 0) is 4.74 Å². The molecule has 0 N–H and O–H groups in total. The van der Waals surface area contributed by atoms with Gasteiger partial charge in [-0.05, 0) is 19.9 Å². The Morgan fingerprint density at radius 2 is 2.06 bits per heavy atom. The maximum absolute atomic E-state index is 13.6. The number of rotatable bonds is 4. The molecule has 6 nitrogen and oxygen atoms in total. The van der Waals surface area contributed by atoms with Crippen LogP contribution in [0, 0.1) is 15.9 Å². The summed E-state index contributed by atoms with van der Waals surface area (Å²) in [6.07, 6.45) is -0.393. The summed E-state index contributed by atoms with van der Waals surface area (Å²) < 4.78 is 23.1. The van der Waals surface area contributed by atoms with Crippen LogP contribution in [0.4, 0.5) is 10.1 Å². The number of ether oxygens (including phenoxy) is 2. The van der Waals surface area contributed by atoms with Crippen molar-refractivity contribution < 1.29 is 23.6 Å². The van der Waals surface area contributed by atoms with E-state index < -0.39 is 28.5 Å².